The molecular formula is C30H80O5P4S2Si7. The van der Waals surface area contributed by atoms with E-state index in [1.54, 1.807) is 0 Å². The Kier molecular flexibility index (Phi) is 20.8. The first-order valence-corrected chi connectivity index (χ1v) is 48.9. The maximum absolute atomic E-state index is 11.4. The van der Waals surface area contributed by atoms with E-state index in [-0.39, 0.29) is 26.3 Å². The molecule has 4 N–H and O–H groups in total. The van der Waals surface area contributed by atoms with Gasteiger partial charge in [-0.2, -0.15) is 22.4 Å². The molecule has 0 amide bonds. The second kappa shape index (κ2) is 19.3. The summed E-state index contributed by atoms with van der Waals surface area (Å²) in [6.07, 6.45) is 1.01. The third-order valence-corrected chi connectivity index (χ3v) is 82.2. The van der Waals surface area contributed by atoms with Crippen molar-refractivity contribution in [1.29, 1.82) is 0 Å². The molecule has 0 aliphatic carbocycles. The van der Waals surface area contributed by atoms with Gasteiger partial charge in [-0.15, -0.1) is 0 Å². The topological polar surface area (TPSA) is 90.2 Å². The fraction of sp³-hybridized carbons (Fsp3) is 1.00. The molecule has 0 aliphatic heterocycles. The van der Waals surface area contributed by atoms with Gasteiger partial charge in [0, 0.05) is 26.2 Å². The summed E-state index contributed by atoms with van der Waals surface area (Å²) < 4.78 is 6.22. The van der Waals surface area contributed by atoms with Gasteiger partial charge >= 0.3 is 0 Å². The van der Waals surface area contributed by atoms with E-state index in [0.29, 0.717) is 8.27 Å². The minimum absolute atomic E-state index is 0.0111. The lowest BCUT2D eigenvalue weighted by Gasteiger charge is -2.49. The molecule has 0 rings (SSSR count). The molecule has 18 heteroatoms. The molecule has 0 saturated heterocycles. The molecule has 0 saturated carbocycles. The first-order valence-electron chi connectivity index (χ1n) is 17.8. The summed E-state index contributed by atoms with van der Waals surface area (Å²) in [4.78, 5) is 45.1. The van der Waals surface area contributed by atoms with E-state index in [0.717, 1.165) is 14.3 Å². The highest BCUT2D eigenvalue weighted by molar-refractivity contribution is 8.58. The molecule has 6 atom stereocenters. The predicted molar refractivity (Wildman–Crippen MR) is 254 cm³/mol. The molecule has 0 aromatic heterocycles. The molecule has 0 aromatic carbocycles. The summed E-state index contributed by atoms with van der Waals surface area (Å²) in [6, 6.07) is 2.50. The van der Waals surface area contributed by atoms with Gasteiger partial charge in [0.2, 0.25) is 8.71 Å². The van der Waals surface area contributed by atoms with Crippen LogP contribution in [-0.4, -0.2) is 114 Å². The van der Waals surface area contributed by atoms with E-state index in [1.807, 2.05) is 7.11 Å². The molecule has 0 aromatic rings. The molecule has 6 unspecified atom stereocenters. The van der Waals surface area contributed by atoms with Crippen molar-refractivity contribution < 1.29 is 23.6 Å². The second-order valence-corrected chi connectivity index (χ2v) is 76.3. The molecule has 0 bridgehead atoms. The summed E-state index contributed by atoms with van der Waals surface area (Å²) in [5, 5.41) is 0. The number of rotatable bonds is 23. The molecule has 48 heavy (non-hydrogen) atoms. The Hall–Kier alpha value is 3.74. The Morgan fingerprint density at radius 1 is 0.583 bits per heavy atom. The third-order valence-electron chi connectivity index (χ3n) is 11.3. The van der Waals surface area contributed by atoms with E-state index in [4.69, 9.17) is 4.43 Å². The SMILES string of the molecule is CO[SiH](CCCS[Si](C)(C)SCCC[SiH](C)P(PC(C)(C)[Si](C)(C)O)C(C)(C)[Si](C)(C)O)P(PC(C)(C)[Si](C)(C)O)C(C)(C)[Si](C)(C)O. The Bertz CT molecular complexity index is 987. The maximum atomic E-state index is 11.4. The van der Waals surface area contributed by atoms with Gasteiger partial charge in [0.05, 0.1) is 8.46 Å². The minimum Gasteiger partial charge on any atom is -0.431 e. The molecule has 290 valence electrons. The van der Waals surface area contributed by atoms with Gasteiger partial charge in [-0.05, 0) is 82.8 Å². The van der Waals surface area contributed by atoms with Crippen molar-refractivity contribution in [2.45, 2.75) is 171 Å². The van der Waals surface area contributed by atoms with Crippen LogP contribution in [0.25, 0.3) is 0 Å². The minimum atomic E-state index is -2.43. The summed E-state index contributed by atoms with van der Waals surface area (Å²) in [6.45, 7) is 42.9. The molecular weight excluding hydrogens is 825 g/mol. The predicted octanol–water partition coefficient (Wildman–Crippen LogP) is 10.4. The van der Waals surface area contributed by atoms with Crippen molar-refractivity contribution in [3.05, 3.63) is 0 Å². The molecule has 0 aliphatic rings. The van der Waals surface area contributed by atoms with Crippen molar-refractivity contribution in [2.24, 2.45) is 0 Å². The third kappa shape index (κ3) is 15.3. The van der Waals surface area contributed by atoms with Crippen LogP contribution in [0.4, 0.5) is 0 Å². The number of hydrogen-bond acceptors (Lipinski definition) is 7. The lowest BCUT2D eigenvalue weighted by Crippen LogP contribution is -2.52. The van der Waals surface area contributed by atoms with E-state index >= 15 is 0 Å². The summed E-state index contributed by atoms with van der Waals surface area (Å²) in [7, 11) is -9.52. The van der Waals surface area contributed by atoms with Crippen molar-refractivity contribution >= 4 is 110 Å². The van der Waals surface area contributed by atoms with Crippen LogP contribution in [0.1, 0.15) is 68.2 Å². The Morgan fingerprint density at radius 3 is 1.25 bits per heavy atom. The number of hydrogen-bond donors (Lipinski definition) is 4. The zero-order chi connectivity index (χ0) is 38.6. The van der Waals surface area contributed by atoms with Crippen molar-refractivity contribution in [3.63, 3.8) is 0 Å². The van der Waals surface area contributed by atoms with Crippen LogP contribution in [0.3, 0.4) is 0 Å². The Labute approximate surface area is 321 Å². The highest BCUT2D eigenvalue weighted by Gasteiger charge is 2.52. The lowest BCUT2D eigenvalue weighted by molar-refractivity contribution is 0.433. The first-order chi connectivity index (χ1) is 21.0. The average molecular weight is 906 g/mol. The smallest absolute Gasteiger partial charge is 0.206 e. The van der Waals surface area contributed by atoms with Gasteiger partial charge in [0.1, 0.15) is 0 Å². The van der Waals surface area contributed by atoms with Crippen LogP contribution < -0.4 is 0 Å². The average Bonchev–Trinajstić information content (AvgIpc) is 2.85. The standard InChI is InChI=1S/C30H80O5P4S2Si7/c1-27(2,44(11,12)31)36-38(29(5,6)46(15,16)33)42(10)25-21-23-40-48(19,20)41-24-22-26-43(35-9)39(30(7,8)47(17,18)34)37-28(3,4)45(13,14)32/h31-34,36-37,42-43H,21-26H2,1-20H3. The molecule has 0 radical (unpaired) electrons. The summed E-state index contributed by atoms with van der Waals surface area (Å²) in [5.74, 6) is 2.43. The van der Waals surface area contributed by atoms with Crippen LogP contribution in [0.15, 0.2) is 0 Å². The van der Waals surface area contributed by atoms with Crippen LogP contribution in [0, 0.1) is 0 Å². The Morgan fingerprint density at radius 2 is 0.917 bits per heavy atom. The summed E-state index contributed by atoms with van der Waals surface area (Å²) in [5.41, 5.74) is 0. The van der Waals surface area contributed by atoms with Gasteiger partial charge in [0.25, 0.3) is 0 Å². The van der Waals surface area contributed by atoms with Gasteiger partial charge in [0.15, 0.2) is 39.6 Å². The monoisotopic (exact) mass is 904 g/mol. The second-order valence-electron chi connectivity index (χ2n) is 18.5. The Balaban J connectivity index is 5.42. The zero-order valence-electron chi connectivity index (χ0n) is 34.8. The molecule has 5 nitrogen and oxygen atoms in total. The van der Waals surface area contributed by atoms with Crippen LogP contribution >= 0.6 is 53.3 Å². The van der Waals surface area contributed by atoms with Crippen LogP contribution in [-0.2, 0) is 4.43 Å². The highest BCUT2D eigenvalue weighted by Crippen LogP contribution is 2.74. The highest BCUT2D eigenvalue weighted by atomic mass is 32.6. The van der Waals surface area contributed by atoms with Gasteiger partial charge in [-0.25, -0.2) is 0 Å². The summed E-state index contributed by atoms with van der Waals surface area (Å²) >= 11 is 4.47. The molecule has 0 heterocycles. The van der Waals surface area contributed by atoms with Crippen LogP contribution in [0.5, 0.6) is 0 Å². The molecule has 0 spiro atoms. The van der Waals surface area contributed by atoms with Crippen molar-refractivity contribution in [3.8, 4) is 0 Å². The first kappa shape index (κ1) is 51.7. The van der Waals surface area contributed by atoms with Crippen molar-refractivity contribution in [1.82, 2.24) is 0 Å². The van der Waals surface area contributed by atoms with E-state index in [9.17, 15) is 19.2 Å². The van der Waals surface area contributed by atoms with Crippen molar-refractivity contribution in [2.75, 3.05) is 18.6 Å². The lowest BCUT2D eigenvalue weighted by atomic mass is 10.5. The van der Waals surface area contributed by atoms with E-state index in [1.165, 1.54) is 30.4 Å². The normalized spacial score (nSPS) is 18.2. The van der Waals surface area contributed by atoms with Gasteiger partial charge in [-0.3, -0.25) is 0 Å². The zero-order valence-corrected chi connectivity index (χ0v) is 47.5. The molecule has 0 fully saturated rings. The quantitative estimate of drug-likeness (QED) is 0.0461. The van der Waals surface area contributed by atoms with E-state index < -0.39 is 64.0 Å². The maximum Gasteiger partial charge on any atom is 0.206 e. The van der Waals surface area contributed by atoms with Gasteiger partial charge in [-0.1, -0.05) is 112 Å². The largest absolute Gasteiger partial charge is 0.431 e. The van der Waals surface area contributed by atoms with Crippen LogP contribution in [0.2, 0.25) is 84.1 Å². The fourth-order valence-corrected chi connectivity index (χ4v) is 78.2. The fourth-order valence-electron chi connectivity index (χ4n) is 4.63. The van der Waals surface area contributed by atoms with E-state index in [2.05, 4.69) is 150 Å². The van der Waals surface area contributed by atoms with Gasteiger partial charge < -0.3 is 23.6 Å².